The molecular formula is C27H31N5O2S. The molecule has 0 bridgehead atoms. The number of aromatic nitrogens is 2. The van der Waals surface area contributed by atoms with E-state index in [0.717, 1.165) is 45.1 Å². The van der Waals surface area contributed by atoms with Gasteiger partial charge in [-0.05, 0) is 41.7 Å². The van der Waals surface area contributed by atoms with Crippen molar-refractivity contribution in [3.63, 3.8) is 0 Å². The molecule has 2 aliphatic rings. The normalized spacial score (nSPS) is 17.5. The third-order valence-corrected chi connectivity index (χ3v) is 8.04. The molecule has 2 aliphatic heterocycles. The van der Waals surface area contributed by atoms with Gasteiger partial charge in [0, 0.05) is 68.2 Å². The minimum Gasteiger partial charge on any atom is -0.378 e. The van der Waals surface area contributed by atoms with Crippen molar-refractivity contribution in [1.82, 2.24) is 18.7 Å². The number of nitrogens with zero attached hydrogens (tertiary/aromatic N) is 5. The zero-order chi connectivity index (χ0) is 23.6. The zero-order valence-electron chi connectivity index (χ0n) is 19.9. The van der Waals surface area contributed by atoms with Gasteiger partial charge < -0.3 is 19.1 Å². The fourth-order valence-electron chi connectivity index (χ4n) is 5.27. The summed E-state index contributed by atoms with van der Waals surface area (Å²) in [6, 6.07) is 17.1. The fraction of sp³-hybridized carbons (Fsp3) is 0.407. The molecule has 0 spiro atoms. The maximum absolute atomic E-state index is 12.7. The van der Waals surface area contributed by atoms with Gasteiger partial charge in [0.2, 0.25) is 5.91 Å². The van der Waals surface area contributed by atoms with Crippen LogP contribution in [-0.4, -0.2) is 77.1 Å². The van der Waals surface area contributed by atoms with Crippen LogP contribution in [0.5, 0.6) is 0 Å². The Morgan fingerprint density at radius 1 is 0.914 bits per heavy atom. The third kappa shape index (κ3) is 4.66. The van der Waals surface area contributed by atoms with E-state index in [2.05, 4.69) is 69.1 Å². The second-order valence-electron chi connectivity index (χ2n) is 9.38. The highest BCUT2D eigenvalue weighted by Gasteiger charge is 2.22. The van der Waals surface area contributed by atoms with E-state index in [9.17, 15) is 4.79 Å². The van der Waals surface area contributed by atoms with Crippen molar-refractivity contribution in [3.8, 4) is 0 Å². The second kappa shape index (κ2) is 9.97. The molecule has 2 saturated heterocycles. The molecule has 35 heavy (non-hydrogen) atoms. The van der Waals surface area contributed by atoms with E-state index in [1.807, 2.05) is 4.90 Å². The molecule has 0 atom stereocenters. The first-order valence-electron chi connectivity index (χ1n) is 12.5. The van der Waals surface area contributed by atoms with E-state index in [-0.39, 0.29) is 5.91 Å². The number of anilines is 1. The van der Waals surface area contributed by atoms with Crippen LogP contribution in [0.3, 0.4) is 0 Å². The molecule has 0 radical (unpaired) electrons. The molecule has 0 unspecified atom stereocenters. The predicted molar refractivity (Wildman–Crippen MR) is 141 cm³/mol. The Labute approximate surface area is 209 Å². The average Bonchev–Trinajstić information content (AvgIpc) is 3.50. The molecule has 4 aromatic rings. The van der Waals surface area contributed by atoms with Gasteiger partial charge in [-0.25, -0.2) is 0 Å². The highest BCUT2D eigenvalue weighted by Crippen LogP contribution is 2.30. The van der Waals surface area contributed by atoms with Crippen LogP contribution < -0.4 is 4.90 Å². The van der Waals surface area contributed by atoms with Gasteiger partial charge in [0.05, 0.1) is 24.6 Å². The first kappa shape index (κ1) is 22.5. The van der Waals surface area contributed by atoms with Crippen LogP contribution >= 0.6 is 11.5 Å². The summed E-state index contributed by atoms with van der Waals surface area (Å²) in [4.78, 5) is 19.6. The molecule has 2 fully saturated rings. The van der Waals surface area contributed by atoms with Crippen molar-refractivity contribution in [1.29, 1.82) is 0 Å². The van der Waals surface area contributed by atoms with Crippen LogP contribution in [0.4, 0.5) is 5.82 Å². The monoisotopic (exact) mass is 489 g/mol. The Balaban J connectivity index is 1.12. The second-order valence-corrected chi connectivity index (χ2v) is 10.2. The van der Waals surface area contributed by atoms with Gasteiger partial charge in [0.25, 0.3) is 0 Å². The number of aryl methyl sites for hydroxylation is 1. The van der Waals surface area contributed by atoms with Crippen LogP contribution in [0.25, 0.3) is 21.0 Å². The standard InChI is InChI=1S/C27H31N5O2S/c33-26(30-15-17-34-18-16-30)10-9-21-19-32(24-7-3-1-5-22(21)24)20-29-11-13-31(14-12-29)27-23-6-2-4-8-25(23)35-28-27/h1-8,19H,9-18,20H2. The SMILES string of the molecule is O=C(CCc1cn(CN2CCN(c3nsc4ccccc34)CC2)c2ccccc12)N1CCOCC1. The van der Waals surface area contributed by atoms with Crippen molar-refractivity contribution in [2.45, 2.75) is 19.5 Å². The topological polar surface area (TPSA) is 53.8 Å². The molecule has 1 amide bonds. The quantitative estimate of drug-likeness (QED) is 0.412. The lowest BCUT2D eigenvalue weighted by Crippen LogP contribution is -2.46. The van der Waals surface area contributed by atoms with Gasteiger partial charge in [-0.1, -0.05) is 30.3 Å². The maximum atomic E-state index is 12.7. The Morgan fingerprint density at radius 3 is 2.49 bits per heavy atom. The molecule has 8 heteroatoms. The number of ether oxygens (including phenoxy) is 1. The summed E-state index contributed by atoms with van der Waals surface area (Å²) in [5.74, 6) is 1.36. The molecule has 0 N–H and O–H groups in total. The summed E-state index contributed by atoms with van der Waals surface area (Å²) >= 11 is 1.59. The van der Waals surface area contributed by atoms with Gasteiger partial charge >= 0.3 is 0 Å². The summed E-state index contributed by atoms with van der Waals surface area (Å²) in [6.45, 7) is 7.55. The van der Waals surface area contributed by atoms with E-state index in [0.29, 0.717) is 32.7 Å². The molecule has 4 heterocycles. The van der Waals surface area contributed by atoms with Gasteiger partial charge in [-0.15, -0.1) is 0 Å². The molecule has 0 aliphatic carbocycles. The highest BCUT2D eigenvalue weighted by atomic mass is 32.1. The van der Waals surface area contributed by atoms with Crippen LogP contribution in [0, 0.1) is 0 Å². The molecule has 0 saturated carbocycles. The molecule has 7 nitrogen and oxygen atoms in total. The molecule has 182 valence electrons. The molecule has 6 rings (SSSR count). The summed E-state index contributed by atoms with van der Waals surface area (Å²) in [5.41, 5.74) is 2.50. The minimum atomic E-state index is 0.232. The molecule has 2 aromatic heterocycles. The van der Waals surface area contributed by atoms with Crippen molar-refractivity contribution < 1.29 is 9.53 Å². The predicted octanol–water partition coefficient (Wildman–Crippen LogP) is 3.82. The summed E-state index contributed by atoms with van der Waals surface area (Å²) in [7, 11) is 0. The van der Waals surface area contributed by atoms with E-state index in [1.54, 1.807) is 11.5 Å². The summed E-state index contributed by atoms with van der Waals surface area (Å²) in [6.07, 6.45) is 3.58. The van der Waals surface area contributed by atoms with E-state index < -0.39 is 0 Å². The van der Waals surface area contributed by atoms with Crippen molar-refractivity contribution in [3.05, 3.63) is 60.3 Å². The lowest BCUT2D eigenvalue weighted by Gasteiger charge is -2.35. The number of hydrogen-bond acceptors (Lipinski definition) is 6. The van der Waals surface area contributed by atoms with E-state index >= 15 is 0 Å². The Morgan fingerprint density at radius 2 is 1.66 bits per heavy atom. The summed E-state index contributed by atoms with van der Waals surface area (Å²) in [5, 5.41) is 2.52. The van der Waals surface area contributed by atoms with Crippen LogP contribution in [-0.2, 0) is 22.6 Å². The zero-order valence-corrected chi connectivity index (χ0v) is 20.8. The van der Waals surface area contributed by atoms with Crippen LogP contribution in [0.1, 0.15) is 12.0 Å². The smallest absolute Gasteiger partial charge is 0.223 e. The maximum Gasteiger partial charge on any atom is 0.223 e. The van der Waals surface area contributed by atoms with Gasteiger partial charge in [-0.2, -0.15) is 4.37 Å². The Bertz CT molecular complexity index is 1320. The van der Waals surface area contributed by atoms with Crippen molar-refractivity contribution in [2.24, 2.45) is 0 Å². The highest BCUT2D eigenvalue weighted by molar-refractivity contribution is 7.13. The van der Waals surface area contributed by atoms with Crippen LogP contribution in [0.15, 0.2) is 54.7 Å². The number of carbonyl (C=O) groups excluding carboxylic acids is 1. The van der Waals surface area contributed by atoms with Gasteiger partial charge in [0.1, 0.15) is 5.82 Å². The number of fused-ring (bicyclic) bond motifs is 2. The summed E-state index contributed by atoms with van der Waals surface area (Å²) < 4.78 is 13.7. The van der Waals surface area contributed by atoms with Crippen molar-refractivity contribution in [2.75, 3.05) is 57.4 Å². The number of rotatable bonds is 6. The average molecular weight is 490 g/mol. The fourth-order valence-corrected chi connectivity index (χ4v) is 6.06. The first-order valence-corrected chi connectivity index (χ1v) is 13.3. The number of piperazine rings is 1. The van der Waals surface area contributed by atoms with E-state index in [1.165, 1.54) is 26.6 Å². The van der Waals surface area contributed by atoms with E-state index in [4.69, 9.17) is 9.11 Å². The van der Waals surface area contributed by atoms with Gasteiger partial charge in [-0.3, -0.25) is 9.69 Å². The largest absolute Gasteiger partial charge is 0.378 e. The lowest BCUT2D eigenvalue weighted by molar-refractivity contribution is -0.135. The minimum absolute atomic E-state index is 0.232. The number of hydrogen-bond donors (Lipinski definition) is 0. The Kier molecular flexibility index (Phi) is 6.41. The van der Waals surface area contributed by atoms with Crippen LogP contribution in [0.2, 0.25) is 0 Å². The number of para-hydroxylation sites is 1. The Hall–Kier alpha value is -2.94. The number of carbonyl (C=O) groups is 1. The third-order valence-electron chi connectivity index (χ3n) is 7.23. The first-order chi connectivity index (χ1) is 17.3. The lowest BCUT2D eigenvalue weighted by atomic mass is 10.1. The number of amides is 1. The number of benzene rings is 2. The number of morpholine rings is 1. The molecule has 2 aromatic carbocycles. The molecular weight excluding hydrogens is 458 g/mol. The van der Waals surface area contributed by atoms with Crippen molar-refractivity contribution >= 4 is 44.2 Å². The van der Waals surface area contributed by atoms with Gasteiger partial charge in [0.15, 0.2) is 0 Å².